The van der Waals surface area contributed by atoms with Crippen molar-refractivity contribution in [2.75, 3.05) is 13.7 Å². The maximum atomic E-state index is 10.6. The minimum atomic E-state index is -1.03. The molecule has 5 heteroatoms. The molecule has 1 heterocycles. The number of hydrogen-bond acceptors (Lipinski definition) is 4. The molecule has 0 aliphatic carbocycles. The van der Waals surface area contributed by atoms with E-state index < -0.39 is 12.6 Å². The highest BCUT2D eigenvalue weighted by molar-refractivity contribution is 5.81. The molecule has 3 rings (SSSR count). The number of nitrogens with zero attached hydrogens (tertiary/aromatic N) is 1. The number of carbonyl (C=O) groups is 1. The summed E-state index contributed by atoms with van der Waals surface area (Å²) in [6, 6.07) is 15.5. The second kappa shape index (κ2) is 7.70. The van der Waals surface area contributed by atoms with E-state index in [2.05, 4.69) is 24.0 Å². The highest BCUT2D eigenvalue weighted by atomic mass is 16.5. The molecule has 0 aliphatic rings. The Kier molecular flexibility index (Phi) is 5.17. The number of ether oxygens (including phenoxy) is 2. The van der Waals surface area contributed by atoms with Crippen molar-refractivity contribution in [2.45, 2.75) is 6.92 Å². The van der Waals surface area contributed by atoms with Gasteiger partial charge in [0.2, 0.25) is 0 Å². The van der Waals surface area contributed by atoms with Crippen LogP contribution in [0.5, 0.6) is 11.5 Å². The fourth-order valence-electron chi connectivity index (χ4n) is 2.58. The Balaban J connectivity index is 1.81. The highest BCUT2D eigenvalue weighted by Gasteiger charge is 2.07. The van der Waals surface area contributed by atoms with E-state index in [1.54, 1.807) is 12.1 Å². The summed E-state index contributed by atoms with van der Waals surface area (Å²) in [6.07, 6.45) is 3.84. The Morgan fingerprint density at radius 2 is 1.92 bits per heavy atom. The molecule has 0 amide bonds. The lowest BCUT2D eigenvalue weighted by Gasteiger charge is -2.09. The summed E-state index contributed by atoms with van der Waals surface area (Å²) in [7, 11) is 1.52. The topological polar surface area (TPSA) is 68.7 Å². The summed E-state index contributed by atoms with van der Waals surface area (Å²) < 4.78 is 10.5. The number of aryl methyl sites for hydroxylation is 1. The summed E-state index contributed by atoms with van der Waals surface area (Å²) in [5.74, 6) is -0.157. The van der Waals surface area contributed by atoms with Gasteiger partial charge in [-0.25, -0.2) is 9.78 Å². The van der Waals surface area contributed by atoms with Crippen LogP contribution < -0.4 is 9.47 Å². The second-order valence-corrected chi connectivity index (χ2v) is 5.86. The number of pyridine rings is 1. The van der Waals surface area contributed by atoms with E-state index >= 15 is 0 Å². The first-order valence-electron chi connectivity index (χ1n) is 8.13. The van der Waals surface area contributed by atoms with Gasteiger partial charge in [-0.15, -0.1) is 0 Å². The van der Waals surface area contributed by atoms with Gasteiger partial charge < -0.3 is 14.6 Å². The average Bonchev–Trinajstić information content (AvgIpc) is 2.64. The second-order valence-electron chi connectivity index (χ2n) is 5.86. The SMILES string of the molecule is COc1cc(C=Cc2ccc3cc(C)ccc3n2)ccc1OCC(=O)O. The monoisotopic (exact) mass is 349 g/mol. The third kappa shape index (κ3) is 4.19. The van der Waals surface area contributed by atoms with Gasteiger partial charge in [0.15, 0.2) is 18.1 Å². The number of aliphatic carboxylic acids is 1. The average molecular weight is 349 g/mol. The molecular weight excluding hydrogens is 330 g/mol. The number of benzene rings is 2. The van der Waals surface area contributed by atoms with Crippen LogP contribution in [0, 0.1) is 6.92 Å². The molecule has 0 spiro atoms. The molecule has 132 valence electrons. The molecular formula is C21H19NO4. The number of rotatable bonds is 6. The van der Waals surface area contributed by atoms with Crippen LogP contribution in [0.25, 0.3) is 23.1 Å². The summed E-state index contributed by atoms with van der Waals surface area (Å²) in [6.45, 7) is 1.65. The van der Waals surface area contributed by atoms with Gasteiger partial charge in [-0.1, -0.05) is 29.8 Å². The molecule has 0 bridgehead atoms. The Morgan fingerprint density at radius 1 is 1.08 bits per heavy atom. The normalized spacial score (nSPS) is 11.0. The van der Waals surface area contributed by atoms with E-state index in [0.29, 0.717) is 11.5 Å². The molecule has 0 aliphatic heterocycles. The van der Waals surface area contributed by atoms with Crippen molar-refractivity contribution in [1.29, 1.82) is 0 Å². The smallest absolute Gasteiger partial charge is 0.341 e. The lowest BCUT2D eigenvalue weighted by atomic mass is 10.1. The zero-order valence-electron chi connectivity index (χ0n) is 14.6. The quantitative estimate of drug-likeness (QED) is 0.723. The summed E-state index contributed by atoms with van der Waals surface area (Å²) >= 11 is 0. The Labute approximate surface area is 151 Å². The maximum absolute atomic E-state index is 10.6. The highest BCUT2D eigenvalue weighted by Crippen LogP contribution is 2.28. The summed E-state index contributed by atoms with van der Waals surface area (Å²) in [5, 5.41) is 9.82. The van der Waals surface area contributed by atoms with Crippen LogP contribution >= 0.6 is 0 Å². The molecule has 1 N–H and O–H groups in total. The Morgan fingerprint density at radius 3 is 2.69 bits per heavy atom. The van der Waals surface area contributed by atoms with Crippen molar-refractivity contribution in [3.8, 4) is 11.5 Å². The van der Waals surface area contributed by atoms with E-state index in [1.165, 1.54) is 12.7 Å². The third-order valence-electron chi connectivity index (χ3n) is 3.85. The summed E-state index contributed by atoms with van der Waals surface area (Å²) in [4.78, 5) is 15.3. The molecule has 3 aromatic rings. The number of aromatic nitrogens is 1. The minimum Gasteiger partial charge on any atom is -0.493 e. The van der Waals surface area contributed by atoms with Crippen molar-refractivity contribution < 1.29 is 19.4 Å². The molecule has 0 radical (unpaired) electrons. The molecule has 0 saturated carbocycles. The molecule has 26 heavy (non-hydrogen) atoms. The Bertz CT molecular complexity index is 979. The van der Waals surface area contributed by atoms with Crippen molar-refractivity contribution in [3.05, 3.63) is 65.4 Å². The van der Waals surface area contributed by atoms with Gasteiger partial charge in [-0.05, 0) is 48.9 Å². The number of carboxylic acid groups (broad SMARTS) is 1. The van der Waals surface area contributed by atoms with E-state index in [0.717, 1.165) is 22.2 Å². The van der Waals surface area contributed by atoms with Crippen LogP contribution in [-0.2, 0) is 4.79 Å². The summed E-state index contributed by atoms with van der Waals surface area (Å²) in [5.41, 5.74) is 3.91. The van der Waals surface area contributed by atoms with Crippen molar-refractivity contribution in [3.63, 3.8) is 0 Å². The minimum absolute atomic E-state index is 0.395. The largest absolute Gasteiger partial charge is 0.493 e. The first-order valence-corrected chi connectivity index (χ1v) is 8.13. The van der Waals surface area contributed by atoms with E-state index in [-0.39, 0.29) is 0 Å². The number of fused-ring (bicyclic) bond motifs is 1. The number of methoxy groups -OCH3 is 1. The predicted molar refractivity (Wildman–Crippen MR) is 102 cm³/mol. The molecule has 0 unspecified atom stereocenters. The van der Waals surface area contributed by atoms with Gasteiger partial charge >= 0.3 is 5.97 Å². The van der Waals surface area contributed by atoms with Crippen LogP contribution in [-0.4, -0.2) is 29.8 Å². The first kappa shape index (κ1) is 17.5. The van der Waals surface area contributed by atoms with Crippen LogP contribution in [0.1, 0.15) is 16.8 Å². The van der Waals surface area contributed by atoms with Crippen molar-refractivity contribution in [2.24, 2.45) is 0 Å². The lowest BCUT2D eigenvalue weighted by molar-refractivity contribution is -0.139. The molecule has 0 saturated heterocycles. The van der Waals surface area contributed by atoms with Crippen molar-refractivity contribution in [1.82, 2.24) is 4.98 Å². The third-order valence-corrected chi connectivity index (χ3v) is 3.85. The van der Waals surface area contributed by atoms with Crippen LogP contribution in [0.3, 0.4) is 0 Å². The van der Waals surface area contributed by atoms with Gasteiger partial charge in [0.05, 0.1) is 18.3 Å². The fourth-order valence-corrected chi connectivity index (χ4v) is 2.58. The fraction of sp³-hybridized carbons (Fsp3) is 0.143. The molecule has 0 atom stereocenters. The zero-order valence-corrected chi connectivity index (χ0v) is 14.6. The van der Waals surface area contributed by atoms with E-state index in [1.807, 2.05) is 36.4 Å². The van der Waals surface area contributed by atoms with Crippen LogP contribution in [0.2, 0.25) is 0 Å². The Hall–Kier alpha value is -3.34. The maximum Gasteiger partial charge on any atom is 0.341 e. The number of carboxylic acids is 1. The first-order chi connectivity index (χ1) is 12.5. The standard InChI is InChI=1S/C21H19NO4/c1-14-3-9-18-16(11-14)6-8-17(22-18)7-4-15-5-10-19(20(12-15)25-2)26-13-21(23)24/h3-12H,13H2,1-2H3,(H,23,24). The predicted octanol–water partition coefficient (Wildman–Crippen LogP) is 4.19. The van der Waals surface area contributed by atoms with Crippen molar-refractivity contribution >= 4 is 29.0 Å². The van der Waals surface area contributed by atoms with Gasteiger partial charge in [-0.2, -0.15) is 0 Å². The van der Waals surface area contributed by atoms with E-state index in [4.69, 9.17) is 14.6 Å². The van der Waals surface area contributed by atoms with Gasteiger partial charge in [0.1, 0.15) is 0 Å². The molecule has 1 aromatic heterocycles. The van der Waals surface area contributed by atoms with Gasteiger partial charge in [0.25, 0.3) is 0 Å². The molecule has 2 aromatic carbocycles. The molecule has 0 fully saturated rings. The molecule has 5 nitrogen and oxygen atoms in total. The van der Waals surface area contributed by atoms with Gasteiger partial charge in [0, 0.05) is 5.39 Å². The van der Waals surface area contributed by atoms with Gasteiger partial charge in [-0.3, -0.25) is 0 Å². The lowest BCUT2D eigenvalue weighted by Crippen LogP contribution is -2.10. The van der Waals surface area contributed by atoms with Crippen LogP contribution in [0.15, 0.2) is 48.5 Å². The van der Waals surface area contributed by atoms with E-state index in [9.17, 15) is 4.79 Å². The van der Waals surface area contributed by atoms with Crippen LogP contribution in [0.4, 0.5) is 0 Å². The number of hydrogen-bond donors (Lipinski definition) is 1. The zero-order chi connectivity index (χ0) is 18.5.